The number of piperidine rings is 1. The first kappa shape index (κ1) is 23.1. The maximum Gasteiger partial charge on any atom is 0.143 e. The molecule has 1 atom stereocenters. The van der Waals surface area contributed by atoms with Crippen LogP contribution in [0.3, 0.4) is 0 Å². The molecule has 6 nitrogen and oxygen atoms in total. The predicted octanol–water partition coefficient (Wildman–Crippen LogP) is 4.48. The van der Waals surface area contributed by atoms with Crippen LogP contribution in [0.1, 0.15) is 38.3 Å². The van der Waals surface area contributed by atoms with Crippen LogP contribution in [0.5, 0.6) is 0 Å². The molecule has 7 heteroatoms. The van der Waals surface area contributed by atoms with Crippen molar-refractivity contribution in [1.82, 2.24) is 14.9 Å². The van der Waals surface area contributed by atoms with Crippen molar-refractivity contribution >= 4 is 23.2 Å². The van der Waals surface area contributed by atoms with E-state index < -0.39 is 0 Å². The van der Waals surface area contributed by atoms with Crippen LogP contribution in [0.2, 0.25) is 5.02 Å². The first-order valence-electron chi connectivity index (χ1n) is 11.8. The molecule has 1 N–H and O–H groups in total. The maximum atomic E-state index is 12.9. The van der Waals surface area contributed by atoms with Crippen molar-refractivity contribution in [3.05, 3.63) is 41.2 Å². The van der Waals surface area contributed by atoms with E-state index in [9.17, 15) is 4.79 Å². The lowest BCUT2D eigenvalue weighted by Gasteiger charge is -2.30. The number of halogens is 1. The van der Waals surface area contributed by atoms with Gasteiger partial charge in [-0.15, -0.1) is 0 Å². The van der Waals surface area contributed by atoms with Gasteiger partial charge < -0.3 is 15.0 Å². The Hall–Kier alpha value is -2.02. The van der Waals surface area contributed by atoms with Crippen molar-refractivity contribution in [2.75, 3.05) is 44.7 Å². The van der Waals surface area contributed by atoms with Crippen LogP contribution in [0.4, 0.5) is 5.82 Å². The topological polar surface area (TPSA) is 67.4 Å². The average Bonchev–Trinajstić information content (AvgIpc) is 2.84. The van der Waals surface area contributed by atoms with E-state index in [4.69, 9.17) is 21.3 Å². The lowest BCUT2D eigenvalue weighted by Crippen LogP contribution is -2.39. The molecule has 1 unspecified atom stereocenters. The fourth-order valence-corrected chi connectivity index (χ4v) is 4.79. The Kier molecular flexibility index (Phi) is 8.11. The molecule has 2 saturated heterocycles. The summed E-state index contributed by atoms with van der Waals surface area (Å²) in [5.74, 6) is 1.81. The summed E-state index contributed by atoms with van der Waals surface area (Å²) in [6.07, 6.45) is 6.20. The second kappa shape index (κ2) is 11.2. The van der Waals surface area contributed by atoms with Gasteiger partial charge in [0.15, 0.2) is 0 Å². The van der Waals surface area contributed by atoms with E-state index in [1.54, 1.807) is 6.20 Å². The number of Topliss-reactive ketones (excluding diaryl/α,β-unsaturated/α-hetero) is 1. The van der Waals surface area contributed by atoms with E-state index in [1.165, 1.54) is 0 Å². The molecule has 2 aromatic rings. The lowest BCUT2D eigenvalue weighted by molar-refractivity contribution is -0.123. The van der Waals surface area contributed by atoms with Gasteiger partial charge in [-0.1, -0.05) is 24.6 Å². The van der Waals surface area contributed by atoms with E-state index in [0.29, 0.717) is 17.4 Å². The third-order valence-corrected chi connectivity index (χ3v) is 6.91. The molecule has 32 heavy (non-hydrogen) atoms. The molecule has 0 saturated carbocycles. The Morgan fingerprint density at radius 1 is 1.28 bits per heavy atom. The summed E-state index contributed by atoms with van der Waals surface area (Å²) in [7, 11) is 0. The smallest absolute Gasteiger partial charge is 0.143 e. The Balaban J connectivity index is 1.43. The Bertz CT molecular complexity index is 917. The van der Waals surface area contributed by atoms with E-state index in [2.05, 4.69) is 22.1 Å². The minimum Gasteiger partial charge on any atom is -0.381 e. The number of likely N-dealkylation sites (tertiary alicyclic amines) is 1. The molecular weight excluding hydrogens is 424 g/mol. The molecule has 0 spiro atoms. The molecule has 4 rings (SSSR count). The molecule has 0 radical (unpaired) electrons. The van der Waals surface area contributed by atoms with Crippen molar-refractivity contribution < 1.29 is 9.53 Å². The second-order valence-corrected chi connectivity index (χ2v) is 9.28. The highest BCUT2D eigenvalue weighted by molar-refractivity contribution is 6.33. The van der Waals surface area contributed by atoms with Gasteiger partial charge in [-0.2, -0.15) is 0 Å². The van der Waals surface area contributed by atoms with Gasteiger partial charge >= 0.3 is 0 Å². The van der Waals surface area contributed by atoms with Gasteiger partial charge in [0.2, 0.25) is 0 Å². The number of hydrogen-bond acceptors (Lipinski definition) is 6. The predicted molar refractivity (Wildman–Crippen MR) is 128 cm³/mol. The van der Waals surface area contributed by atoms with Crippen LogP contribution in [-0.4, -0.2) is 60.0 Å². The van der Waals surface area contributed by atoms with E-state index in [-0.39, 0.29) is 11.7 Å². The molecule has 2 fully saturated rings. The lowest BCUT2D eigenvalue weighted by atomic mass is 9.91. The number of ether oxygens (including phenoxy) is 1. The molecule has 0 aliphatic carbocycles. The number of anilines is 1. The summed E-state index contributed by atoms with van der Waals surface area (Å²) in [5, 5.41) is 4.01. The van der Waals surface area contributed by atoms with Crippen LogP contribution in [0.15, 0.2) is 30.5 Å². The number of ketones is 1. The summed E-state index contributed by atoms with van der Waals surface area (Å²) in [4.78, 5) is 24.5. The van der Waals surface area contributed by atoms with Crippen molar-refractivity contribution in [3.8, 4) is 11.3 Å². The molecule has 2 aromatic heterocycles. The molecular formula is C25H33ClN4O2. The monoisotopic (exact) mass is 456 g/mol. The molecule has 2 aliphatic rings. The van der Waals surface area contributed by atoms with Crippen LogP contribution in [0.25, 0.3) is 11.3 Å². The maximum absolute atomic E-state index is 12.9. The highest BCUT2D eigenvalue weighted by Crippen LogP contribution is 2.28. The third kappa shape index (κ3) is 6.06. The van der Waals surface area contributed by atoms with Gasteiger partial charge in [0.1, 0.15) is 11.6 Å². The molecule has 2 aliphatic heterocycles. The standard InChI is InChI=1S/C25H33ClN4O2/c1-2-30-10-4-5-19(17-30)24(31)14-20-13-21(22(26)16-27-20)23-6-3-7-25(29-23)28-15-18-8-11-32-12-9-18/h3,6-7,13,16,18-19H,2,4-5,8-12,14-15,17H2,1H3,(H,28,29). The number of hydrogen-bond donors (Lipinski definition) is 1. The molecule has 172 valence electrons. The zero-order chi connectivity index (χ0) is 22.3. The van der Waals surface area contributed by atoms with Crippen molar-refractivity contribution in [3.63, 3.8) is 0 Å². The number of rotatable bonds is 8. The fourth-order valence-electron chi connectivity index (χ4n) is 4.59. The second-order valence-electron chi connectivity index (χ2n) is 8.88. The normalized spacial score (nSPS) is 20.2. The number of nitrogens with zero attached hydrogens (tertiary/aromatic N) is 3. The van der Waals surface area contributed by atoms with Gasteiger partial charge in [0.25, 0.3) is 0 Å². The quantitative estimate of drug-likeness (QED) is 0.631. The van der Waals surface area contributed by atoms with Gasteiger partial charge in [-0.05, 0) is 62.9 Å². The minimum atomic E-state index is 0.0977. The SMILES string of the molecule is CCN1CCCC(C(=O)Cc2cc(-c3cccc(NCC4CCOCC4)n3)c(Cl)cn2)C1. The van der Waals surface area contributed by atoms with Crippen molar-refractivity contribution in [1.29, 1.82) is 0 Å². The number of carbonyl (C=O) groups is 1. The number of nitrogens with one attached hydrogen (secondary N) is 1. The van der Waals surface area contributed by atoms with Crippen LogP contribution >= 0.6 is 11.6 Å². The summed E-state index contributed by atoms with van der Waals surface area (Å²) < 4.78 is 5.44. The molecule has 0 bridgehead atoms. The van der Waals surface area contributed by atoms with E-state index in [0.717, 1.165) is 87.8 Å². The molecule has 0 aromatic carbocycles. The fraction of sp³-hybridized carbons (Fsp3) is 0.560. The highest BCUT2D eigenvalue weighted by Gasteiger charge is 2.25. The van der Waals surface area contributed by atoms with Crippen LogP contribution < -0.4 is 5.32 Å². The van der Waals surface area contributed by atoms with Crippen molar-refractivity contribution in [2.24, 2.45) is 11.8 Å². The zero-order valence-corrected chi connectivity index (χ0v) is 19.6. The van der Waals surface area contributed by atoms with Crippen molar-refractivity contribution in [2.45, 2.75) is 39.0 Å². The van der Waals surface area contributed by atoms with E-state index in [1.807, 2.05) is 24.3 Å². The van der Waals surface area contributed by atoms with Crippen LogP contribution in [0, 0.1) is 11.8 Å². The Labute approximate surface area is 195 Å². The average molecular weight is 457 g/mol. The minimum absolute atomic E-state index is 0.0977. The number of aromatic nitrogens is 2. The summed E-state index contributed by atoms with van der Waals surface area (Å²) >= 11 is 6.48. The van der Waals surface area contributed by atoms with Gasteiger partial charge in [-0.25, -0.2) is 4.98 Å². The number of carbonyl (C=O) groups excluding carboxylic acids is 1. The van der Waals surface area contributed by atoms with Gasteiger partial charge in [-0.3, -0.25) is 9.78 Å². The molecule has 4 heterocycles. The Morgan fingerprint density at radius 2 is 2.12 bits per heavy atom. The highest BCUT2D eigenvalue weighted by atomic mass is 35.5. The van der Waals surface area contributed by atoms with E-state index >= 15 is 0 Å². The zero-order valence-electron chi connectivity index (χ0n) is 18.9. The third-order valence-electron chi connectivity index (χ3n) is 6.61. The largest absolute Gasteiger partial charge is 0.381 e. The van der Waals surface area contributed by atoms with Gasteiger partial charge in [0, 0.05) is 56.1 Å². The first-order chi connectivity index (χ1) is 15.6. The summed E-state index contributed by atoms with van der Waals surface area (Å²) in [6, 6.07) is 7.83. The van der Waals surface area contributed by atoms with Gasteiger partial charge in [0.05, 0.1) is 10.7 Å². The first-order valence-corrected chi connectivity index (χ1v) is 12.2. The number of pyridine rings is 2. The Morgan fingerprint density at radius 3 is 2.94 bits per heavy atom. The molecule has 0 amide bonds. The summed E-state index contributed by atoms with van der Waals surface area (Å²) in [6.45, 7) is 7.67. The summed E-state index contributed by atoms with van der Waals surface area (Å²) in [5.41, 5.74) is 2.36. The van der Waals surface area contributed by atoms with Crippen LogP contribution in [-0.2, 0) is 16.0 Å².